The number of hydrogen-bond donors (Lipinski definition) is 0. The van der Waals surface area contributed by atoms with Gasteiger partial charge in [0.15, 0.2) is 11.7 Å². The Morgan fingerprint density at radius 3 is 1.79 bits per heavy atom. The van der Waals surface area contributed by atoms with Crippen LogP contribution in [0.2, 0.25) is 0 Å². The number of fused-ring (bicyclic) bond motifs is 9. The van der Waals surface area contributed by atoms with Crippen LogP contribution in [0.25, 0.3) is 82.6 Å². The van der Waals surface area contributed by atoms with Crippen molar-refractivity contribution in [2.75, 3.05) is 0 Å². The third-order valence-corrected chi connectivity index (χ3v) is 10.1. The Hall–Kier alpha value is -7.20. The molecule has 0 aliphatic carbocycles. The summed E-state index contributed by atoms with van der Waals surface area (Å²) in [5.41, 5.74) is 13.6. The van der Waals surface area contributed by atoms with Crippen molar-refractivity contribution in [2.45, 2.75) is 0 Å². The van der Waals surface area contributed by atoms with Crippen molar-refractivity contribution in [1.29, 1.82) is 0 Å². The lowest BCUT2D eigenvalue weighted by molar-refractivity contribution is 0.668. The van der Waals surface area contributed by atoms with Gasteiger partial charge in [0.25, 0.3) is 0 Å². The van der Waals surface area contributed by atoms with E-state index in [4.69, 9.17) is 18.8 Å². The van der Waals surface area contributed by atoms with Gasteiger partial charge in [-0.15, -0.1) is 0 Å². The van der Waals surface area contributed by atoms with E-state index in [0.717, 1.165) is 93.6 Å². The molecule has 5 heteroatoms. The third-order valence-electron chi connectivity index (χ3n) is 10.1. The zero-order chi connectivity index (χ0) is 34.2. The molecule has 10 aromatic rings. The molecule has 0 atom stereocenters. The lowest BCUT2D eigenvalue weighted by Gasteiger charge is -2.10. The van der Waals surface area contributed by atoms with Gasteiger partial charge in [-0.25, -0.2) is 9.98 Å². The highest BCUT2D eigenvalue weighted by Gasteiger charge is 2.23. The van der Waals surface area contributed by atoms with Crippen LogP contribution >= 0.6 is 0 Å². The summed E-state index contributed by atoms with van der Waals surface area (Å²) in [6, 6.07) is 54.0. The number of amidine groups is 1. The fraction of sp³-hybridized carbons (Fsp3) is 0. The summed E-state index contributed by atoms with van der Waals surface area (Å²) < 4.78 is 15.3. The van der Waals surface area contributed by atoms with Crippen molar-refractivity contribution in [1.82, 2.24) is 4.57 Å². The standard InChI is InChI=1S/C47H27N3O2/c1-2-13-29(14-3-1)37-27-28-43(50-38-22-7-4-15-30(38)31-16-5-8-23-39(31)50)49-47(48-37)36-21-12-26-42-45(36)44-33(18-11-25-41(44)51-42)35-20-10-19-34-32-17-6-9-24-40(32)52-46(34)35/h1-27H. The smallest absolute Gasteiger partial charge is 0.184 e. The molecule has 0 fully saturated rings. The van der Waals surface area contributed by atoms with E-state index in [0.29, 0.717) is 11.7 Å². The monoisotopic (exact) mass is 665 g/mol. The lowest BCUT2D eigenvalue weighted by Crippen LogP contribution is -2.05. The summed E-state index contributed by atoms with van der Waals surface area (Å²) in [5.74, 6) is 1.22. The minimum Gasteiger partial charge on any atom is -0.456 e. The Morgan fingerprint density at radius 2 is 1.02 bits per heavy atom. The van der Waals surface area contributed by atoms with Gasteiger partial charge in [0.05, 0.1) is 16.7 Å². The number of aliphatic imine (C=N–C) groups is 2. The molecular weight excluding hydrogens is 639 g/mol. The van der Waals surface area contributed by atoms with E-state index in [-0.39, 0.29) is 0 Å². The Kier molecular flexibility index (Phi) is 6.14. The quantitative estimate of drug-likeness (QED) is 0.176. The van der Waals surface area contributed by atoms with E-state index in [9.17, 15) is 0 Å². The number of nitrogens with zero attached hydrogens (tertiary/aromatic N) is 3. The number of aromatic nitrogens is 1. The van der Waals surface area contributed by atoms with Gasteiger partial charge in [-0.2, -0.15) is 0 Å². The number of furan rings is 2. The largest absolute Gasteiger partial charge is 0.456 e. The molecule has 242 valence electrons. The number of benzene rings is 7. The van der Waals surface area contributed by atoms with Gasteiger partial charge in [0.2, 0.25) is 0 Å². The van der Waals surface area contributed by atoms with Crippen LogP contribution in [0.15, 0.2) is 188 Å². The Bertz CT molecular complexity index is 3170. The van der Waals surface area contributed by atoms with E-state index in [1.807, 2.05) is 60.7 Å². The second-order valence-corrected chi connectivity index (χ2v) is 13.0. The van der Waals surface area contributed by atoms with Gasteiger partial charge in [-0.05, 0) is 35.9 Å². The van der Waals surface area contributed by atoms with Gasteiger partial charge in [-0.1, -0.05) is 133 Å². The predicted octanol–water partition coefficient (Wildman–Crippen LogP) is 12.2. The number of hydrogen-bond acceptors (Lipinski definition) is 4. The molecule has 0 radical (unpaired) electrons. The van der Waals surface area contributed by atoms with Gasteiger partial charge in [0, 0.05) is 55.1 Å². The average Bonchev–Trinajstić information content (AvgIpc) is 3.83. The molecule has 1 aliphatic rings. The molecular formula is C47H27N3O2. The first kappa shape index (κ1) is 28.6. The molecule has 7 aromatic carbocycles. The highest BCUT2D eigenvalue weighted by molar-refractivity contribution is 6.27. The van der Waals surface area contributed by atoms with E-state index in [2.05, 4.69) is 113 Å². The Balaban J connectivity index is 1.21. The predicted molar refractivity (Wildman–Crippen MR) is 213 cm³/mol. The van der Waals surface area contributed by atoms with Crippen molar-refractivity contribution < 1.29 is 8.83 Å². The van der Waals surface area contributed by atoms with Crippen LogP contribution in [0, 0.1) is 0 Å². The molecule has 1 aliphatic heterocycles. The van der Waals surface area contributed by atoms with Crippen LogP contribution in [0.1, 0.15) is 11.1 Å². The first-order chi connectivity index (χ1) is 25.8. The maximum atomic E-state index is 6.60. The topological polar surface area (TPSA) is 55.9 Å². The lowest BCUT2D eigenvalue weighted by atomic mass is 9.95. The normalized spacial score (nSPS) is 13.3. The first-order valence-electron chi connectivity index (χ1n) is 17.3. The molecule has 0 saturated carbocycles. The fourth-order valence-electron chi connectivity index (χ4n) is 7.82. The van der Waals surface area contributed by atoms with Crippen LogP contribution < -0.4 is 0 Å². The molecule has 0 unspecified atom stereocenters. The van der Waals surface area contributed by atoms with Crippen LogP contribution in [0.5, 0.6) is 0 Å². The van der Waals surface area contributed by atoms with Gasteiger partial charge in [0.1, 0.15) is 22.3 Å². The highest BCUT2D eigenvalue weighted by Crippen LogP contribution is 2.43. The minimum absolute atomic E-state index is 0.571. The van der Waals surface area contributed by atoms with Gasteiger partial charge in [-0.3, -0.25) is 4.57 Å². The molecule has 0 saturated heterocycles. The molecule has 0 amide bonds. The van der Waals surface area contributed by atoms with Crippen molar-refractivity contribution in [3.8, 4) is 11.1 Å². The number of rotatable bonds is 4. The molecule has 3 aromatic heterocycles. The molecule has 0 bridgehead atoms. The van der Waals surface area contributed by atoms with E-state index in [1.54, 1.807) is 0 Å². The first-order valence-corrected chi connectivity index (χ1v) is 17.3. The maximum Gasteiger partial charge on any atom is 0.184 e. The van der Waals surface area contributed by atoms with E-state index >= 15 is 0 Å². The minimum atomic E-state index is 0.571. The Morgan fingerprint density at radius 1 is 0.442 bits per heavy atom. The summed E-state index contributed by atoms with van der Waals surface area (Å²) in [4.78, 5) is 10.7. The molecule has 0 spiro atoms. The maximum absolute atomic E-state index is 6.60. The molecule has 5 nitrogen and oxygen atoms in total. The van der Waals surface area contributed by atoms with Crippen LogP contribution in [-0.2, 0) is 0 Å². The second-order valence-electron chi connectivity index (χ2n) is 13.0. The van der Waals surface area contributed by atoms with Gasteiger partial charge >= 0.3 is 0 Å². The zero-order valence-corrected chi connectivity index (χ0v) is 27.7. The van der Waals surface area contributed by atoms with Crippen LogP contribution in [-0.4, -0.2) is 16.1 Å². The van der Waals surface area contributed by atoms with E-state index < -0.39 is 0 Å². The average molecular weight is 666 g/mol. The van der Waals surface area contributed by atoms with Crippen molar-refractivity contribution in [2.24, 2.45) is 9.98 Å². The summed E-state index contributed by atoms with van der Waals surface area (Å²) in [6.45, 7) is 0. The summed E-state index contributed by atoms with van der Waals surface area (Å²) >= 11 is 0. The van der Waals surface area contributed by atoms with Crippen molar-refractivity contribution >= 4 is 83.1 Å². The Labute approximate surface area is 297 Å². The second kappa shape index (κ2) is 11.2. The third kappa shape index (κ3) is 4.24. The summed E-state index contributed by atoms with van der Waals surface area (Å²) in [5, 5.41) is 6.42. The van der Waals surface area contributed by atoms with Crippen LogP contribution in [0.3, 0.4) is 0 Å². The summed E-state index contributed by atoms with van der Waals surface area (Å²) in [7, 11) is 0. The molecule has 4 heterocycles. The molecule has 0 N–H and O–H groups in total. The summed E-state index contributed by atoms with van der Waals surface area (Å²) in [6.07, 6.45) is 1.95. The van der Waals surface area contributed by atoms with Gasteiger partial charge < -0.3 is 8.83 Å². The highest BCUT2D eigenvalue weighted by atomic mass is 16.3. The van der Waals surface area contributed by atoms with E-state index in [1.165, 1.54) is 0 Å². The van der Waals surface area contributed by atoms with Crippen LogP contribution in [0.4, 0.5) is 0 Å². The fourth-order valence-corrected chi connectivity index (χ4v) is 7.82. The molecule has 11 rings (SSSR count). The van der Waals surface area contributed by atoms with Crippen molar-refractivity contribution in [3.63, 3.8) is 0 Å². The molecule has 52 heavy (non-hydrogen) atoms. The number of para-hydroxylation sites is 4. The number of allylic oxidation sites excluding steroid dienone is 1. The zero-order valence-electron chi connectivity index (χ0n) is 27.7. The SMILES string of the molecule is C1=CC(c2ccccc2)=NC(c2cccc3oc4cccc(-c5cccc6c5oc5ccccc56)c4c23)=NC=1n1c2ccccc2c2ccccc21. The van der Waals surface area contributed by atoms with Crippen molar-refractivity contribution in [3.05, 3.63) is 181 Å².